The number of nitrogens with zero attached hydrogens (tertiary/aromatic N) is 2. The maximum Gasteiger partial charge on any atom is 0.199 e. The fourth-order valence-corrected chi connectivity index (χ4v) is 1.56. The van der Waals surface area contributed by atoms with Crippen molar-refractivity contribution in [3.63, 3.8) is 0 Å². The third kappa shape index (κ3) is 1.89. The number of allylic oxidation sites excluding steroid dienone is 1. The highest BCUT2D eigenvalue weighted by molar-refractivity contribution is 7.71. The third-order valence-electron chi connectivity index (χ3n) is 2.17. The van der Waals surface area contributed by atoms with E-state index in [0.29, 0.717) is 4.77 Å². The molecular weight excluding hydrogens is 206 g/mol. The van der Waals surface area contributed by atoms with Crippen LogP contribution in [0.15, 0.2) is 37.2 Å². The number of hydrogen-bond donors (Lipinski definition) is 1. The van der Waals surface area contributed by atoms with Crippen molar-refractivity contribution in [1.82, 2.24) is 14.8 Å². The fourth-order valence-electron chi connectivity index (χ4n) is 1.35. The molecule has 2 aromatic rings. The topological polar surface area (TPSA) is 33.6 Å². The van der Waals surface area contributed by atoms with Crippen LogP contribution in [0.5, 0.6) is 0 Å². The number of rotatable bonds is 2. The summed E-state index contributed by atoms with van der Waals surface area (Å²) in [5, 5.41) is 6.61. The van der Waals surface area contributed by atoms with Gasteiger partial charge in [0.05, 0.1) is 0 Å². The van der Waals surface area contributed by atoms with E-state index in [1.807, 2.05) is 35.8 Å². The van der Waals surface area contributed by atoms with Crippen LogP contribution < -0.4 is 0 Å². The van der Waals surface area contributed by atoms with Gasteiger partial charge in [0.2, 0.25) is 0 Å². The predicted octanol–water partition coefficient (Wildman–Crippen LogP) is 2.96. The van der Waals surface area contributed by atoms with Gasteiger partial charge in [-0.25, -0.2) is 0 Å². The van der Waals surface area contributed by atoms with E-state index in [2.05, 4.69) is 16.8 Å². The van der Waals surface area contributed by atoms with Crippen molar-refractivity contribution >= 4 is 17.8 Å². The average Bonchev–Trinajstić information content (AvgIpc) is 2.64. The molecule has 1 heterocycles. The molecule has 15 heavy (non-hydrogen) atoms. The van der Waals surface area contributed by atoms with Gasteiger partial charge in [-0.2, -0.15) is 5.10 Å². The molecule has 76 valence electrons. The second-order valence-electron chi connectivity index (χ2n) is 3.36. The predicted molar refractivity (Wildman–Crippen MR) is 63.5 cm³/mol. The largest absolute Gasteiger partial charge is 0.275 e. The molecule has 0 spiro atoms. The molecule has 4 heteroatoms. The van der Waals surface area contributed by atoms with E-state index >= 15 is 0 Å². The summed E-state index contributed by atoms with van der Waals surface area (Å²) in [6, 6.07) is 8.02. The standard InChI is InChI=1S/C11H11N3S/c1-8(2)9-4-3-5-10(6-9)14-7-12-13-11(14)15/h3-7H,1H2,2H3,(H,13,15). The Hall–Kier alpha value is -1.68. The van der Waals surface area contributed by atoms with Gasteiger partial charge in [-0.3, -0.25) is 9.67 Å². The smallest absolute Gasteiger partial charge is 0.199 e. The normalized spacial score (nSPS) is 10.2. The molecule has 1 aromatic heterocycles. The molecule has 2 rings (SSSR count). The zero-order chi connectivity index (χ0) is 10.8. The molecule has 3 nitrogen and oxygen atoms in total. The van der Waals surface area contributed by atoms with Crippen LogP contribution in [0.4, 0.5) is 0 Å². The van der Waals surface area contributed by atoms with Gasteiger partial charge in [0.25, 0.3) is 0 Å². The van der Waals surface area contributed by atoms with Crippen LogP contribution in [-0.2, 0) is 0 Å². The molecule has 0 fully saturated rings. The van der Waals surface area contributed by atoms with Crippen LogP contribution >= 0.6 is 12.2 Å². The van der Waals surface area contributed by atoms with E-state index < -0.39 is 0 Å². The summed E-state index contributed by atoms with van der Waals surface area (Å²) >= 11 is 5.10. The Balaban J connectivity index is 2.55. The van der Waals surface area contributed by atoms with Gasteiger partial charge in [-0.1, -0.05) is 24.3 Å². The van der Waals surface area contributed by atoms with Gasteiger partial charge < -0.3 is 0 Å². The minimum absolute atomic E-state index is 0.592. The Bertz CT molecular complexity index is 551. The maximum atomic E-state index is 5.10. The SMILES string of the molecule is C=C(C)c1cccc(-n2cn[nH]c2=S)c1. The Morgan fingerprint density at radius 1 is 1.53 bits per heavy atom. The van der Waals surface area contributed by atoms with Crippen molar-refractivity contribution in [3.8, 4) is 5.69 Å². The second kappa shape index (κ2) is 3.82. The summed E-state index contributed by atoms with van der Waals surface area (Å²) in [7, 11) is 0. The van der Waals surface area contributed by atoms with Gasteiger partial charge in [-0.05, 0) is 36.8 Å². The Kier molecular flexibility index (Phi) is 2.51. The lowest BCUT2D eigenvalue weighted by molar-refractivity contribution is 1.03. The molecule has 0 amide bonds. The minimum atomic E-state index is 0.592. The first-order valence-electron chi connectivity index (χ1n) is 4.57. The summed E-state index contributed by atoms with van der Waals surface area (Å²) in [5.74, 6) is 0. The molecule has 1 N–H and O–H groups in total. The van der Waals surface area contributed by atoms with Crippen molar-refractivity contribution in [3.05, 3.63) is 47.5 Å². The fraction of sp³-hybridized carbons (Fsp3) is 0.0909. The van der Waals surface area contributed by atoms with Crippen LogP contribution in [0, 0.1) is 4.77 Å². The number of aromatic nitrogens is 3. The number of H-pyrrole nitrogens is 1. The number of nitrogens with one attached hydrogen (secondary N) is 1. The summed E-state index contributed by atoms with van der Waals surface area (Å²) in [4.78, 5) is 0. The van der Waals surface area contributed by atoms with Crippen LogP contribution in [-0.4, -0.2) is 14.8 Å². The molecule has 1 aromatic carbocycles. The van der Waals surface area contributed by atoms with Crippen molar-refractivity contribution in [2.75, 3.05) is 0 Å². The van der Waals surface area contributed by atoms with Crippen molar-refractivity contribution < 1.29 is 0 Å². The van der Waals surface area contributed by atoms with E-state index in [1.165, 1.54) is 0 Å². The zero-order valence-corrected chi connectivity index (χ0v) is 9.21. The second-order valence-corrected chi connectivity index (χ2v) is 3.75. The third-order valence-corrected chi connectivity index (χ3v) is 2.46. The van der Waals surface area contributed by atoms with E-state index in [-0.39, 0.29) is 0 Å². The highest BCUT2D eigenvalue weighted by atomic mass is 32.1. The van der Waals surface area contributed by atoms with E-state index in [0.717, 1.165) is 16.8 Å². The summed E-state index contributed by atoms with van der Waals surface area (Å²) in [5.41, 5.74) is 3.14. The van der Waals surface area contributed by atoms with E-state index in [4.69, 9.17) is 12.2 Å². The first-order valence-corrected chi connectivity index (χ1v) is 4.97. The lowest BCUT2D eigenvalue weighted by atomic mass is 10.1. The van der Waals surface area contributed by atoms with Crippen LogP contribution in [0.25, 0.3) is 11.3 Å². The lowest BCUT2D eigenvalue weighted by Gasteiger charge is -2.04. The molecule has 0 radical (unpaired) electrons. The molecule has 0 saturated carbocycles. The lowest BCUT2D eigenvalue weighted by Crippen LogP contribution is -1.92. The summed E-state index contributed by atoms with van der Waals surface area (Å²) in [6.45, 7) is 5.89. The number of hydrogen-bond acceptors (Lipinski definition) is 2. The van der Waals surface area contributed by atoms with Crippen LogP contribution in [0.1, 0.15) is 12.5 Å². The molecule has 0 atom stereocenters. The van der Waals surface area contributed by atoms with Gasteiger partial charge in [0, 0.05) is 5.69 Å². The Morgan fingerprint density at radius 3 is 2.93 bits per heavy atom. The van der Waals surface area contributed by atoms with Crippen LogP contribution in [0.3, 0.4) is 0 Å². The van der Waals surface area contributed by atoms with Gasteiger partial charge in [0.1, 0.15) is 6.33 Å². The van der Waals surface area contributed by atoms with Crippen molar-refractivity contribution in [1.29, 1.82) is 0 Å². The van der Waals surface area contributed by atoms with E-state index in [1.54, 1.807) is 6.33 Å². The zero-order valence-electron chi connectivity index (χ0n) is 8.40. The van der Waals surface area contributed by atoms with Crippen molar-refractivity contribution in [2.45, 2.75) is 6.92 Å². The molecule has 0 aliphatic heterocycles. The summed E-state index contributed by atoms with van der Waals surface area (Å²) in [6.07, 6.45) is 1.67. The molecule has 0 unspecified atom stereocenters. The van der Waals surface area contributed by atoms with Gasteiger partial charge >= 0.3 is 0 Å². The summed E-state index contributed by atoms with van der Waals surface area (Å²) < 4.78 is 2.41. The molecule has 0 bridgehead atoms. The molecule has 0 aliphatic rings. The number of aromatic amines is 1. The highest BCUT2D eigenvalue weighted by Gasteiger charge is 2.00. The highest BCUT2D eigenvalue weighted by Crippen LogP contribution is 2.16. The monoisotopic (exact) mass is 217 g/mol. The first kappa shape index (κ1) is 9.86. The molecular formula is C11H11N3S. The molecule has 0 saturated heterocycles. The Morgan fingerprint density at radius 2 is 2.33 bits per heavy atom. The quantitative estimate of drug-likeness (QED) is 0.785. The minimum Gasteiger partial charge on any atom is -0.275 e. The average molecular weight is 217 g/mol. The maximum absolute atomic E-state index is 5.10. The first-order chi connectivity index (χ1) is 7.18. The Labute approximate surface area is 93.1 Å². The van der Waals surface area contributed by atoms with E-state index in [9.17, 15) is 0 Å². The number of benzene rings is 1. The van der Waals surface area contributed by atoms with Crippen LogP contribution in [0.2, 0.25) is 0 Å². The van der Waals surface area contributed by atoms with Gasteiger partial charge in [-0.15, -0.1) is 0 Å². The van der Waals surface area contributed by atoms with Crippen molar-refractivity contribution in [2.24, 2.45) is 0 Å². The van der Waals surface area contributed by atoms with Gasteiger partial charge in [0.15, 0.2) is 4.77 Å². The molecule has 0 aliphatic carbocycles.